The third-order valence-corrected chi connectivity index (χ3v) is 1.64. The predicted molar refractivity (Wildman–Crippen MR) is 67.7 cm³/mol. The highest BCUT2D eigenvalue weighted by molar-refractivity contribution is 6.92. The molecule has 0 spiro atoms. The summed E-state index contributed by atoms with van der Waals surface area (Å²) in [7, 11) is 1.62. The molecule has 0 saturated heterocycles. The molecule has 1 atom stereocenters. The van der Waals surface area contributed by atoms with Crippen LogP contribution in [0.25, 0.3) is 0 Å². The van der Waals surface area contributed by atoms with Gasteiger partial charge in [0.1, 0.15) is 0 Å². The molecule has 17 heavy (non-hydrogen) atoms. The van der Waals surface area contributed by atoms with Crippen molar-refractivity contribution >= 4 is 15.9 Å². The van der Waals surface area contributed by atoms with Crippen molar-refractivity contribution in [1.82, 2.24) is 0 Å². The summed E-state index contributed by atoms with van der Waals surface area (Å²) in [5.74, 6) is -0.854. The Hall–Kier alpha value is -0.260. The Labute approximate surface area is 105 Å². The highest BCUT2D eigenvalue weighted by Gasteiger charge is 1.96. The Morgan fingerprint density at radius 2 is 1.29 bits per heavy atom. The van der Waals surface area contributed by atoms with Crippen molar-refractivity contribution in [3.63, 3.8) is 0 Å². The normalized spacial score (nSPS) is 9.94. The molecule has 0 aliphatic heterocycles. The molecule has 0 bridgehead atoms. The number of ether oxygens (including phenoxy) is 4. The van der Waals surface area contributed by atoms with Crippen molar-refractivity contribution in [2.75, 3.05) is 53.4 Å². The van der Waals surface area contributed by atoms with Gasteiger partial charge in [0.2, 0.25) is 0 Å². The third kappa shape index (κ3) is 18.3. The maximum Gasteiger partial charge on any atom is 0.305 e. The Balaban J connectivity index is 0. The van der Waals surface area contributed by atoms with E-state index in [-0.39, 0.29) is 22.9 Å². The second-order valence-electron chi connectivity index (χ2n) is 2.97. The Morgan fingerprint density at radius 1 is 0.882 bits per heavy atom. The minimum absolute atomic E-state index is 0. The van der Waals surface area contributed by atoms with Crippen LogP contribution in [0, 0.1) is 0 Å². The van der Waals surface area contributed by atoms with E-state index >= 15 is 0 Å². The summed E-state index contributed by atoms with van der Waals surface area (Å²) in [5, 5.41) is 8.32. The van der Waals surface area contributed by atoms with Crippen molar-refractivity contribution in [3.05, 3.63) is 0 Å². The average Bonchev–Trinajstić information content (AvgIpc) is 2.25. The van der Waals surface area contributed by atoms with Gasteiger partial charge in [-0.25, -0.2) is 0 Å². The SMILES string of the molecule is COCCOCCOCCOCCC(=O)O.P. The van der Waals surface area contributed by atoms with Gasteiger partial charge in [-0.2, -0.15) is 9.90 Å². The standard InChI is InChI=1S/C10H20O6.H3P/c1-13-4-5-15-8-9-16-7-6-14-3-2-10(11)12;/h2-9H2,1H3,(H,11,12);1H3. The molecule has 0 rings (SSSR count). The average molecular weight is 270 g/mol. The maximum absolute atomic E-state index is 10.1. The van der Waals surface area contributed by atoms with Crippen LogP contribution in [0.3, 0.4) is 0 Å². The van der Waals surface area contributed by atoms with Gasteiger partial charge in [0.15, 0.2) is 0 Å². The summed E-state index contributed by atoms with van der Waals surface area (Å²) in [4.78, 5) is 10.1. The van der Waals surface area contributed by atoms with Crippen LogP contribution in [0.5, 0.6) is 0 Å². The molecular weight excluding hydrogens is 247 g/mol. The van der Waals surface area contributed by atoms with Crippen molar-refractivity contribution in [1.29, 1.82) is 0 Å². The molecule has 0 radical (unpaired) electrons. The number of carbonyl (C=O) groups is 1. The van der Waals surface area contributed by atoms with Crippen LogP contribution in [-0.2, 0) is 23.7 Å². The smallest absolute Gasteiger partial charge is 0.305 e. The summed E-state index contributed by atoms with van der Waals surface area (Å²) >= 11 is 0. The van der Waals surface area contributed by atoms with Crippen molar-refractivity contribution in [3.8, 4) is 0 Å². The van der Waals surface area contributed by atoms with E-state index in [1.54, 1.807) is 7.11 Å². The first-order valence-electron chi connectivity index (χ1n) is 5.21. The molecule has 0 fully saturated rings. The van der Waals surface area contributed by atoms with Gasteiger partial charge < -0.3 is 24.1 Å². The highest BCUT2D eigenvalue weighted by Crippen LogP contribution is 1.84. The molecule has 0 aliphatic carbocycles. The molecular formula is C10H23O6P. The van der Waals surface area contributed by atoms with Gasteiger partial charge in [-0.05, 0) is 0 Å². The number of aliphatic carboxylic acids is 1. The first-order valence-corrected chi connectivity index (χ1v) is 5.21. The summed E-state index contributed by atoms with van der Waals surface area (Å²) in [6, 6.07) is 0. The number of hydrogen-bond acceptors (Lipinski definition) is 5. The molecule has 0 aromatic heterocycles. The van der Waals surface area contributed by atoms with Gasteiger partial charge in [-0.1, -0.05) is 0 Å². The van der Waals surface area contributed by atoms with E-state index in [2.05, 4.69) is 0 Å². The van der Waals surface area contributed by atoms with E-state index in [4.69, 9.17) is 24.1 Å². The summed E-state index contributed by atoms with van der Waals surface area (Å²) in [5.41, 5.74) is 0. The first-order chi connectivity index (χ1) is 7.77. The van der Waals surface area contributed by atoms with Crippen LogP contribution >= 0.6 is 9.90 Å². The van der Waals surface area contributed by atoms with E-state index in [1.165, 1.54) is 0 Å². The van der Waals surface area contributed by atoms with Gasteiger partial charge in [0.05, 0.1) is 52.7 Å². The number of rotatable bonds is 12. The van der Waals surface area contributed by atoms with Crippen LogP contribution in [0.15, 0.2) is 0 Å². The first kappa shape index (κ1) is 19.1. The zero-order chi connectivity index (χ0) is 12.1. The number of carboxylic acid groups (broad SMARTS) is 1. The molecule has 0 amide bonds. The Morgan fingerprint density at radius 3 is 1.71 bits per heavy atom. The van der Waals surface area contributed by atoms with Gasteiger partial charge in [0.25, 0.3) is 0 Å². The molecule has 7 heteroatoms. The lowest BCUT2D eigenvalue weighted by Crippen LogP contribution is -2.12. The van der Waals surface area contributed by atoms with E-state index in [1.807, 2.05) is 0 Å². The minimum Gasteiger partial charge on any atom is -0.481 e. The maximum atomic E-state index is 10.1. The molecule has 0 aromatic rings. The van der Waals surface area contributed by atoms with E-state index in [0.717, 1.165) is 0 Å². The van der Waals surface area contributed by atoms with Gasteiger partial charge >= 0.3 is 5.97 Å². The lowest BCUT2D eigenvalue weighted by molar-refractivity contribution is -0.138. The fourth-order valence-corrected chi connectivity index (χ4v) is 0.844. The van der Waals surface area contributed by atoms with Gasteiger partial charge in [-0.15, -0.1) is 0 Å². The summed E-state index contributed by atoms with van der Waals surface area (Å²) in [6.07, 6.45) is 0.0279. The predicted octanol–water partition coefficient (Wildman–Crippen LogP) is 0.215. The van der Waals surface area contributed by atoms with Crippen LogP contribution in [0.2, 0.25) is 0 Å². The molecule has 0 aromatic carbocycles. The second-order valence-corrected chi connectivity index (χ2v) is 2.97. The van der Waals surface area contributed by atoms with Crippen molar-refractivity contribution in [2.24, 2.45) is 0 Å². The lowest BCUT2D eigenvalue weighted by atomic mass is 10.5. The third-order valence-electron chi connectivity index (χ3n) is 1.64. The monoisotopic (exact) mass is 270 g/mol. The van der Waals surface area contributed by atoms with Crippen molar-refractivity contribution < 1.29 is 28.8 Å². The van der Waals surface area contributed by atoms with E-state index in [0.29, 0.717) is 39.6 Å². The molecule has 104 valence electrons. The molecule has 0 aliphatic rings. The van der Waals surface area contributed by atoms with Crippen molar-refractivity contribution in [2.45, 2.75) is 6.42 Å². The minimum atomic E-state index is -0.854. The summed E-state index contributed by atoms with van der Waals surface area (Å²) < 4.78 is 20.2. The Kier molecular flexibility index (Phi) is 17.7. The largest absolute Gasteiger partial charge is 0.481 e. The highest BCUT2D eigenvalue weighted by atomic mass is 31.0. The topological polar surface area (TPSA) is 74.2 Å². The van der Waals surface area contributed by atoms with Gasteiger partial charge in [0, 0.05) is 7.11 Å². The van der Waals surface area contributed by atoms with Gasteiger partial charge in [-0.3, -0.25) is 4.79 Å². The molecule has 1 unspecified atom stereocenters. The zero-order valence-corrected chi connectivity index (χ0v) is 11.8. The fourth-order valence-electron chi connectivity index (χ4n) is 0.844. The molecule has 1 N–H and O–H groups in total. The number of carboxylic acids is 1. The van der Waals surface area contributed by atoms with Crippen LogP contribution in [0.4, 0.5) is 0 Å². The Bertz CT molecular complexity index is 167. The lowest BCUT2D eigenvalue weighted by Gasteiger charge is -2.05. The van der Waals surface area contributed by atoms with E-state index < -0.39 is 5.97 Å². The number of hydrogen-bond donors (Lipinski definition) is 1. The molecule has 0 heterocycles. The summed E-state index contributed by atoms with van der Waals surface area (Å²) in [6.45, 7) is 3.26. The molecule has 6 nitrogen and oxygen atoms in total. The van der Waals surface area contributed by atoms with Crippen LogP contribution in [0.1, 0.15) is 6.42 Å². The van der Waals surface area contributed by atoms with Crippen LogP contribution < -0.4 is 0 Å². The van der Waals surface area contributed by atoms with E-state index in [9.17, 15) is 4.79 Å². The number of methoxy groups -OCH3 is 1. The molecule has 0 saturated carbocycles. The zero-order valence-electron chi connectivity index (χ0n) is 10.4. The fraction of sp³-hybridized carbons (Fsp3) is 0.900. The second kappa shape index (κ2) is 15.7. The van der Waals surface area contributed by atoms with Crippen LogP contribution in [-0.4, -0.2) is 64.4 Å². The quantitative estimate of drug-likeness (QED) is 0.404.